The molecule has 6 nitrogen and oxygen atoms in total. The topological polar surface area (TPSA) is 81.7 Å². The van der Waals surface area contributed by atoms with Crippen LogP contribution in [-0.4, -0.2) is 31.4 Å². The first-order valence-corrected chi connectivity index (χ1v) is 8.74. The predicted octanol–water partition coefficient (Wildman–Crippen LogP) is 2.86. The van der Waals surface area contributed by atoms with Gasteiger partial charge in [0, 0.05) is 0 Å². The fourth-order valence-electron chi connectivity index (χ4n) is 2.44. The Morgan fingerprint density at radius 1 is 1.07 bits per heavy atom. The lowest BCUT2D eigenvalue weighted by molar-refractivity contribution is -0.150. The van der Waals surface area contributed by atoms with Crippen LogP contribution in [0.15, 0.2) is 48.5 Å². The van der Waals surface area contributed by atoms with Gasteiger partial charge in [0.25, 0.3) is 5.91 Å². The third kappa shape index (κ3) is 6.26. The number of aldehydes is 1. The van der Waals surface area contributed by atoms with E-state index >= 15 is 0 Å². The maximum absolute atomic E-state index is 12.0. The standard InChI is InChI=1S/C21H23NO5/c1-3-16-8-10-17(11-9-16)15(2)22-20(24)13-27-21(25)14-26-19-7-5-4-6-18(19)12-23/h4-12,15H,3,13-14H2,1-2H3,(H,22,24)/t15-/m0/s1. The average Bonchev–Trinajstić information content (AvgIpc) is 2.70. The van der Waals surface area contributed by atoms with Gasteiger partial charge in [-0.25, -0.2) is 4.79 Å². The van der Waals surface area contributed by atoms with E-state index in [1.807, 2.05) is 31.2 Å². The first-order valence-electron chi connectivity index (χ1n) is 8.74. The van der Waals surface area contributed by atoms with Crippen molar-refractivity contribution in [3.05, 3.63) is 65.2 Å². The molecule has 0 aromatic heterocycles. The maximum Gasteiger partial charge on any atom is 0.344 e. The number of carbonyl (C=O) groups excluding carboxylic acids is 3. The zero-order valence-corrected chi connectivity index (χ0v) is 15.4. The molecule has 0 radical (unpaired) electrons. The van der Waals surface area contributed by atoms with E-state index in [1.165, 1.54) is 5.56 Å². The van der Waals surface area contributed by atoms with E-state index in [0.29, 0.717) is 11.8 Å². The Kier molecular flexibility index (Phi) is 7.55. The number of nitrogens with one attached hydrogen (secondary N) is 1. The number of para-hydroxylation sites is 1. The van der Waals surface area contributed by atoms with Gasteiger partial charge in [-0.2, -0.15) is 0 Å². The van der Waals surface area contributed by atoms with E-state index < -0.39 is 18.5 Å². The van der Waals surface area contributed by atoms with Crippen LogP contribution in [0.5, 0.6) is 5.75 Å². The van der Waals surface area contributed by atoms with Gasteiger partial charge >= 0.3 is 5.97 Å². The molecule has 0 saturated carbocycles. The fourth-order valence-corrected chi connectivity index (χ4v) is 2.44. The Morgan fingerprint density at radius 3 is 2.44 bits per heavy atom. The number of esters is 1. The summed E-state index contributed by atoms with van der Waals surface area (Å²) in [6, 6.07) is 14.3. The molecule has 0 aliphatic heterocycles. The number of carbonyl (C=O) groups is 3. The second-order valence-corrected chi connectivity index (χ2v) is 5.99. The highest BCUT2D eigenvalue weighted by Gasteiger charge is 2.13. The summed E-state index contributed by atoms with van der Waals surface area (Å²) in [4.78, 5) is 34.6. The minimum absolute atomic E-state index is 0.196. The molecular formula is C21H23NO5. The Labute approximate surface area is 158 Å². The SMILES string of the molecule is CCc1ccc([C@H](C)NC(=O)COC(=O)COc2ccccc2C=O)cc1. The number of amides is 1. The summed E-state index contributed by atoms with van der Waals surface area (Å²) < 4.78 is 10.2. The highest BCUT2D eigenvalue weighted by atomic mass is 16.6. The molecule has 0 fully saturated rings. The number of hydrogen-bond acceptors (Lipinski definition) is 5. The Balaban J connectivity index is 1.75. The molecule has 2 aromatic rings. The molecule has 0 heterocycles. The van der Waals surface area contributed by atoms with Crippen LogP contribution in [0, 0.1) is 0 Å². The molecule has 0 spiro atoms. The summed E-state index contributed by atoms with van der Waals surface area (Å²) in [7, 11) is 0. The average molecular weight is 369 g/mol. The van der Waals surface area contributed by atoms with Gasteiger partial charge in [0.05, 0.1) is 11.6 Å². The van der Waals surface area contributed by atoms with Gasteiger partial charge in [0.1, 0.15) is 5.75 Å². The number of aryl methyl sites for hydroxylation is 1. The van der Waals surface area contributed by atoms with Gasteiger partial charge in [0.15, 0.2) is 19.5 Å². The molecule has 1 atom stereocenters. The van der Waals surface area contributed by atoms with Crippen LogP contribution in [0.2, 0.25) is 0 Å². The van der Waals surface area contributed by atoms with E-state index in [1.54, 1.807) is 24.3 Å². The zero-order valence-electron chi connectivity index (χ0n) is 15.4. The van der Waals surface area contributed by atoms with Crippen LogP contribution in [0.4, 0.5) is 0 Å². The molecule has 2 rings (SSSR count). The molecule has 0 unspecified atom stereocenters. The Morgan fingerprint density at radius 2 is 1.78 bits per heavy atom. The summed E-state index contributed by atoms with van der Waals surface area (Å²) in [5.74, 6) is -0.799. The maximum atomic E-state index is 12.0. The van der Waals surface area contributed by atoms with Gasteiger partial charge in [-0.1, -0.05) is 43.3 Å². The molecule has 0 aliphatic carbocycles. The van der Waals surface area contributed by atoms with Crippen LogP contribution in [0.3, 0.4) is 0 Å². The highest BCUT2D eigenvalue weighted by Crippen LogP contribution is 2.15. The minimum Gasteiger partial charge on any atom is -0.481 e. The monoisotopic (exact) mass is 369 g/mol. The number of ether oxygens (including phenoxy) is 2. The van der Waals surface area contributed by atoms with E-state index in [-0.39, 0.29) is 18.4 Å². The third-order valence-electron chi connectivity index (χ3n) is 4.02. The smallest absolute Gasteiger partial charge is 0.344 e. The summed E-state index contributed by atoms with van der Waals surface area (Å²) in [6.07, 6.45) is 1.60. The van der Waals surface area contributed by atoms with Crippen LogP contribution >= 0.6 is 0 Å². The van der Waals surface area contributed by atoms with Crippen molar-refractivity contribution in [1.82, 2.24) is 5.32 Å². The minimum atomic E-state index is -0.689. The lowest BCUT2D eigenvalue weighted by Gasteiger charge is -2.15. The van der Waals surface area contributed by atoms with Gasteiger partial charge in [-0.3, -0.25) is 9.59 Å². The summed E-state index contributed by atoms with van der Waals surface area (Å²) >= 11 is 0. The normalized spacial score (nSPS) is 11.3. The lowest BCUT2D eigenvalue weighted by atomic mass is 10.1. The first kappa shape index (κ1) is 20.2. The van der Waals surface area contributed by atoms with Crippen molar-refractivity contribution >= 4 is 18.2 Å². The van der Waals surface area contributed by atoms with Crippen molar-refractivity contribution in [3.63, 3.8) is 0 Å². The first-order chi connectivity index (χ1) is 13.0. The third-order valence-corrected chi connectivity index (χ3v) is 4.02. The van der Waals surface area contributed by atoms with Crippen LogP contribution in [0.1, 0.15) is 41.4 Å². The quantitative estimate of drug-likeness (QED) is 0.543. The van der Waals surface area contributed by atoms with Gasteiger partial charge in [-0.05, 0) is 36.6 Å². The fraction of sp³-hybridized carbons (Fsp3) is 0.286. The molecule has 142 valence electrons. The predicted molar refractivity (Wildman–Crippen MR) is 101 cm³/mol. The molecule has 27 heavy (non-hydrogen) atoms. The number of rotatable bonds is 9. The van der Waals surface area contributed by atoms with Crippen molar-refractivity contribution in [2.24, 2.45) is 0 Å². The molecule has 1 amide bonds. The van der Waals surface area contributed by atoms with E-state index in [9.17, 15) is 14.4 Å². The molecule has 6 heteroatoms. The van der Waals surface area contributed by atoms with Crippen LogP contribution in [0.25, 0.3) is 0 Å². The van der Waals surface area contributed by atoms with Gasteiger partial charge < -0.3 is 14.8 Å². The van der Waals surface area contributed by atoms with Crippen LogP contribution in [-0.2, 0) is 20.7 Å². The van der Waals surface area contributed by atoms with E-state index in [4.69, 9.17) is 9.47 Å². The molecule has 0 saturated heterocycles. The van der Waals surface area contributed by atoms with Crippen molar-refractivity contribution < 1.29 is 23.9 Å². The summed E-state index contributed by atoms with van der Waals surface area (Å²) in [5, 5.41) is 2.78. The second-order valence-electron chi connectivity index (χ2n) is 5.99. The Bertz CT molecular complexity index is 785. The number of hydrogen-bond donors (Lipinski definition) is 1. The Hall–Kier alpha value is -3.15. The summed E-state index contributed by atoms with van der Waals surface area (Å²) in [5.41, 5.74) is 2.54. The van der Waals surface area contributed by atoms with Crippen molar-refractivity contribution in [2.75, 3.05) is 13.2 Å². The van der Waals surface area contributed by atoms with Gasteiger partial charge in [0.2, 0.25) is 0 Å². The van der Waals surface area contributed by atoms with Crippen molar-refractivity contribution in [2.45, 2.75) is 26.3 Å². The summed E-state index contributed by atoms with van der Waals surface area (Å²) in [6.45, 7) is 3.16. The second kappa shape index (κ2) is 10.1. The van der Waals surface area contributed by atoms with E-state index in [2.05, 4.69) is 12.2 Å². The molecule has 1 N–H and O–H groups in total. The molecular weight excluding hydrogens is 346 g/mol. The largest absolute Gasteiger partial charge is 0.481 e. The highest BCUT2D eigenvalue weighted by molar-refractivity contribution is 5.82. The molecule has 2 aromatic carbocycles. The molecule has 0 bridgehead atoms. The van der Waals surface area contributed by atoms with E-state index in [0.717, 1.165) is 12.0 Å². The van der Waals surface area contributed by atoms with Gasteiger partial charge in [-0.15, -0.1) is 0 Å². The lowest BCUT2D eigenvalue weighted by Crippen LogP contribution is -2.32. The van der Waals surface area contributed by atoms with Crippen molar-refractivity contribution in [1.29, 1.82) is 0 Å². The van der Waals surface area contributed by atoms with Crippen LogP contribution < -0.4 is 10.1 Å². The zero-order chi connectivity index (χ0) is 19.6. The molecule has 0 aliphatic rings. The van der Waals surface area contributed by atoms with Crippen molar-refractivity contribution in [3.8, 4) is 5.75 Å². The number of benzene rings is 2.